The molecule has 0 spiro atoms. The number of hydrogen-bond acceptors (Lipinski definition) is 4. The average Bonchev–Trinajstić information content (AvgIpc) is 2.60. The van der Waals surface area contributed by atoms with Crippen LogP contribution in [0.25, 0.3) is 11.0 Å². The Morgan fingerprint density at radius 2 is 2.31 bits per heavy atom. The van der Waals surface area contributed by atoms with Crippen LogP contribution in [0.2, 0.25) is 0 Å². The van der Waals surface area contributed by atoms with E-state index in [1.54, 1.807) is 12.1 Å². The molecule has 82 valence electrons. The number of nitro groups is 1. The lowest BCUT2D eigenvalue weighted by Gasteiger charge is -2.00. The van der Waals surface area contributed by atoms with Gasteiger partial charge in [0, 0.05) is 6.07 Å². The van der Waals surface area contributed by atoms with Crippen molar-refractivity contribution in [2.45, 2.75) is 13.5 Å². The number of imidazole rings is 1. The molecule has 1 heterocycles. The van der Waals surface area contributed by atoms with Crippen LogP contribution >= 0.6 is 0 Å². The molecular weight excluding hydrogens is 210 g/mol. The summed E-state index contributed by atoms with van der Waals surface area (Å²) in [6.07, 6.45) is 1.44. The highest BCUT2D eigenvalue weighted by Crippen LogP contribution is 2.24. The van der Waals surface area contributed by atoms with E-state index in [0.29, 0.717) is 11.0 Å². The van der Waals surface area contributed by atoms with E-state index in [1.165, 1.54) is 23.9 Å². The first kappa shape index (κ1) is 10.3. The van der Waals surface area contributed by atoms with Crippen LogP contribution in [0.4, 0.5) is 5.69 Å². The van der Waals surface area contributed by atoms with Crippen molar-refractivity contribution >= 4 is 22.5 Å². The number of non-ortho nitro benzene ring substituents is 1. The second-order valence-electron chi connectivity index (χ2n) is 3.48. The predicted molar refractivity (Wildman–Crippen MR) is 57.1 cm³/mol. The Hall–Kier alpha value is -2.24. The normalized spacial score (nSPS) is 10.6. The van der Waals surface area contributed by atoms with Crippen molar-refractivity contribution in [1.82, 2.24) is 9.55 Å². The summed E-state index contributed by atoms with van der Waals surface area (Å²) in [7, 11) is 0. The Balaban J connectivity index is 2.67. The standard InChI is InChI=1S/C10H9N3O3/c1-7(14)5-12-6-11-8-3-2-4-9(10(8)12)13(15)16/h2-4,6H,5H2,1H3. The van der Waals surface area contributed by atoms with E-state index in [1.807, 2.05) is 0 Å². The Kier molecular flexibility index (Phi) is 2.40. The topological polar surface area (TPSA) is 78.0 Å². The van der Waals surface area contributed by atoms with Crippen LogP contribution in [0.3, 0.4) is 0 Å². The van der Waals surface area contributed by atoms with E-state index in [-0.39, 0.29) is 18.0 Å². The molecule has 2 aromatic rings. The third-order valence-electron chi connectivity index (χ3n) is 2.21. The van der Waals surface area contributed by atoms with Crippen LogP contribution in [-0.4, -0.2) is 20.3 Å². The Morgan fingerprint density at radius 3 is 2.94 bits per heavy atom. The van der Waals surface area contributed by atoms with E-state index < -0.39 is 4.92 Å². The summed E-state index contributed by atoms with van der Waals surface area (Å²) >= 11 is 0. The number of Topliss-reactive ketones (excluding diaryl/α,β-unsaturated/α-hetero) is 1. The molecule has 6 heteroatoms. The lowest BCUT2D eigenvalue weighted by atomic mass is 10.2. The van der Waals surface area contributed by atoms with Gasteiger partial charge >= 0.3 is 0 Å². The molecular formula is C10H9N3O3. The monoisotopic (exact) mass is 219 g/mol. The lowest BCUT2D eigenvalue weighted by molar-refractivity contribution is -0.383. The molecule has 0 aliphatic carbocycles. The number of ketones is 1. The van der Waals surface area contributed by atoms with Crippen LogP contribution in [-0.2, 0) is 11.3 Å². The summed E-state index contributed by atoms with van der Waals surface area (Å²) < 4.78 is 1.50. The summed E-state index contributed by atoms with van der Waals surface area (Å²) in [4.78, 5) is 25.4. The van der Waals surface area contributed by atoms with Crippen molar-refractivity contribution in [3.63, 3.8) is 0 Å². The summed E-state index contributed by atoms with van der Waals surface area (Å²) in [5, 5.41) is 10.8. The zero-order valence-corrected chi connectivity index (χ0v) is 8.58. The summed E-state index contributed by atoms with van der Waals surface area (Å²) in [5.41, 5.74) is 0.884. The smallest absolute Gasteiger partial charge is 0.295 e. The van der Waals surface area contributed by atoms with Crippen LogP contribution in [0.15, 0.2) is 24.5 Å². The molecule has 1 aromatic heterocycles. The molecule has 16 heavy (non-hydrogen) atoms. The molecule has 0 bridgehead atoms. The molecule has 1 aromatic carbocycles. The number of nitro benzene ring substituents is 1. The van der Waals surface area contributed by atoms with Gasteiger partial charge in [-0.2, -0.15) is 0 Å². The number of carbonyl (C=O) groups is 1. The van der Waals surface area contributed by atoms with Gasteiger partial charge in [0.1, 0.15) is 11.3 Å². The van der Waals surface area contributed by atoms with E-state index in [9.17, 15) is 14.9 Å². The fraction of sp³-hybridized carbons (Fsp3) is 0.200. The highest BCUT2D eigenvalue weighted by Gasteiger charge is 2.16. The third kappa shape index (κ3) is 1.65. The molecule has 0 unspecified atom stereocenters. The van der Waals surface area contributed by atoms with Crippen molar-refractivity contribution in [1.29, 1.82) is 0 Å². The average molecular weight is 219 g/mol. The van der Waals surface area contributed by atoms with Gasteiger partial charge in [0.25, 0.3) is 5.69 Å². The molecule has 0 saturated heterocycles. The van der Waals surface area contributed by atoms with Gasteiger partial charge in [-0.05, 0) is 13.0 Å². The summed E-state index contributed by atoms with van der Waals surface area (Å²) in [6, 6.07) is 4.66. The molecule has 0 fully saturated rings. The number of para-hydroxylation sites is 1. The second kappa shape index (κ2) is 3.73. The van der Waals surface area contributed by atoms with E-state index in [0.717, 1.165) is 0 Å². The number of carbonyl (C=O) groups excluding carboxylic acids is 1. The van der Waals surface area contributed by atoms with Crippen molar-refractivity contribution in [2.75, 3.05) is 0 Å². The molecule has 2 rings (SSSR count). The first-order chi connectivity index (χ1) is 7.59. The van der Waals surface area contributed by atoms with Crippen LogP contribution in [0.1, 0.15) is 6.92 Å². The van der Waals surface area contributed by atoms with Crippen LogP contribution < -0.4 is 0 Å². The van der Waals surface area contributed by atoms with E-state index in [4.69, 9.17) is 0 Å². The molecule has 0 atom stereocenters. The largest absolute Gasteiger partial charge is 0.317 e. The van der Waals surface area contributed by atoms with E-state index >= 15 is 0 Å². The fourth-order valence-corrected chi connectivity index (χ4v) is 1.61. The Bertz CT molecular complexity index is 574. The zero-order chi connectivity index (χ0) is 11.7. The number of hydrogen-bond donors (Lipinski definition) is 0. The molecule has 6 nitrogen and oxygen atoms in total. The quantitative estimate of drug-likeness (QED) is 0.579. The minimum atomic E-state index is -0.472. The maximum absolute atomic E-state index is 11.0. The van der Waals surface area contributed by atoms with Crippen molar-refractivity contribution < 1.29 is 9.72 Å². The van der Waals surface area contributed by atoms with Gasteiger partial charge in [0.15, 0.2) is 0 Å². The number of benzene rings is 1. The minimum absolute atomic E-state index is 0.0312. The summed E-state index contributed by atoms with van der Waals surface area (Å²) in [6.45, 7) is 1.53. The molecule has 0 saturated carbocycles. The first-order valence-electron chi connectivity index (χ1n) is 4.67. The number of fused-ring (bicyclic) bond motifs is 1. The van der Waals surface area contributed by atoms with Crippen molar-refractivity contribution in [3.05, 3.63) is 34.6 Å². The molecule has 0 aliphatic rings. The second-order valence-corrected chi connectivity index (χ2v) is 3.48. The van der Waals surface area contributed by atoms with Gasteiger partial charge in [-0.1, -0.05) is 6.07 Å². The number of rotatable bonds is 3. The molecule has 0 amide bonds. The molecule has 0 aliphatic heterocycles. The third-order valence-corrected chi connectivity index (χ3v) is 2.21. The first-order valence-corrected chi connectivity index (χ1v) is 4.67. The predicted octanol–water partition coefficient (Wildman–Crippen LogP) is 1.53. The molecule has 0 N–H and O–H groups in total. The molecule has 0 radical (unpaired) electrons. The fourth-order valence-electron chi connectivity index (χ4n) is 1.61. The maximum Gasteiger partial charge on any atom is 0.295 e. The van der Waals surface area contributed by atoms with Gasteiger partial charge in [-0.3, -0.25) is 14.9 Å². The number of nitrogens with zero attached hydrogens (tertiary/aromatic N) is 3. The van der Waals surface area contributed by atoms with Crippen LogP contribution in [0, 0.1) is 10.1 Å². The highest BCUT2D eigenvalue weighted by atomic mass is 16.6. The van der Waals surface area contributed by atoms with Crippen LogP contribution in [0.5, 0.6) is 0 Å². The van der Waals surface area contributed by atoms with Gasteiger partial charge in [0.2, 0.25) is 0 Å². The maximum atomic E-state index is 11.0. The highest BCUT2D eigenvalue weighted by molar-refractivity contribution is 5.86. The van der Waals surface area contributed by atoms with Gasteiger partial charge < -0.3 is 4.57 Å². The minimum Gasteiger partial charge on any atom is -0.317 e. The lowest BCUT2D eigenvalue weighted by Crippen LogP contribution is -2.05. The summed E-state index contributed by atoms with van der Waals surface area (Å²) in [5.74, 6) is -0.0718. The van der Waals surface area contributed by atoms with Gasteiger partial charge in [-0.25, -0.2) is 4.98 Å². The van der Waals surface area contributed by atoms with E-state index in [2.05, 4.69) is 4.98 Å². The van der Waals surface area contributed by atoms with Gasteiger partial charge in [-0.15, -0.1) is 0 Å². The van der Waals surface area contributed by atoms with Crippen molar-refractivity contribution in [2.24, 2.45) is 0 Å². The Morgan fingerprint density at radius 1 is 1.56 bits per heavy atom. The zero-order valence-electron chi connectivity index (χ0n) is 8.58. The van der Waals surface area contributed by atoms with Gasteiger partial charge in [0.05, 0.1) is 23.3 Å². The SMILES string of the molecule is CC(=O)Cn1cnc2cccc([N+](=O)[O-])c21. The Labute approximate surface area is 90.7 Å². The van der Waals surface area contributed by atoms with Crippen molar-refractivity contribution in [3.8, 4) is 0 Å². The number of aromatic nitrogens is 2.